The third-order valence-corrected chi connectivity index (χ3v) is 5.06. The third kappa shape index (κ3) is 6.54. The summed E-state index contributed by atoms with van der Waals surface area (Å²) in [5.74, 6) is -0.417. The molecule has 0 saturated heterocycles. The molecule has 0 saturated carbocycles. The summed E-state index contributed by atoms with van der Waals surface area (Å²) < 4.78 is 67.3. The molecule has 0 atom stereocenters. The van der Waals surface area contributed by atoms with E-state index < -0.39 is 28.7 Å². The van der Waals surface area contributed by atoms with Gasteiger partial charge in [-0.2, -0.15) is 13.2 Å². The zero-order valence-electron chi connectivity index (χ0n) is 14.9. The molecule has 0 aliphatic heterocycles. The quantitative estimate of drug-likeness (QED) is 0.693. The van der Waals surface area contributed by atoms with Crippen LogP contribution in [0.25, 0.3) is 0 Å². The van der Waals surface area contributed by atoms with Crippen LogP contribution in [0.1, 0.15) is 22.8 Å². The Morgan fingerprint density at radius 3 is 2.39 bits per heavy atom. The lowest BCUT2D eigenvalue weighted by molar-refractivity contribution is -0.153. The summed E-state index contributed by atoms with van der Waals surface area (Å²) in [6.45, 7) is 0.604. The first kappa shape index (κ1) is 21.7. The van der Waals surface area contributed by atoms with Gasteiger partial charge in [-0.3, -0.25) is 4.79 Å². The van der Waals surface area contributed by atoms with Gasteiger partial charge >= 0.3 is 6.18 Å². The van der Waals surface area contributed by atoms with Gasteiger partial charge in [0.25, 0.3) is 5.91 Å². The minimum Gasteiger partial charge on any atom is -0.484 e. The fourth-order valence-corrected chi connectivity index (χ4v) is 3.32. The number of hydrogen-bond donors (Lipinski definition) is 2. The zero-order chi connectivity index (χ0) is 20.8. The molecular formula is C18H19F3N2O4S. The second-order valence-electron chi connectivity index (χ2n) is 5.76. The standard InChI is InChI=1S/C18H19F3N2O4S/c1-2-23-28(25,26)16-5-3-4-14(10-16)17(24)22-11-13-6-8-15(9-7-13)27-12-18(19,20)21/h3-10,23H,2,11-12H2,1H3,(H,22,24). The van der Waals surface area contributed by atoms with Gasteiger partial charge in [0.15, 0.2) is 6.61 Å². The molecule has 0 bridgehead atoms. The zero-order valence-corrected chi connectivity index (χ0v) is 15.7. The van der Waals surface area contributed by atoms with Crippen LogP contribution in [0.2, 0.25) is 0 Å². The molecule has 2 rings (SSSR count). The Labute approximate surface area is 160 Å². The van der Waals surface area contributed by atoms with E-state index in [2.05, 4.69) is 14.8 Å². The molecular weight excluding hydrogens is 397 g/mol. The number of amides is 1. The number of hydrogen-bond acceptors (Lipinski definition) is 4. The summed E-state index contributed by atoms with van der Waals surface area (Å²) in [6, 6.07) is 11.4. The summed E-state index contributed by atoms with van der Waals surface area (Å²) in [5, 5.41) is 2.63. The van der Waals surface area contributed by atoms with Crippen molar-refractivity contribution in [2.75, 3.05) is 13.2 Å². The Hall–Kier alpha value is -2.59. The van der Waals surface area contributed by atoms with Crippen molar-refractivity contribution in [3.8, 4) is 5.75 Å². The van der Waals surface area contributed by atoms with Crippen LogP contribution in [0.3, 0.4) is 0 Å². The number of alkyl halides is 3. The molecule has 2 N–H and O–H groups in total. The SMILES string of the molecule is CCNS(=O)(=O)c1cccc(C(=O)NCc2ccc(OCC(F)(F)F)cc2)c1. The summed E-state index contributed by atoms with van der Waals surface area (Å²) in [4.78, 5) is 12.2. The summed E-state index contributed by atoms with van der Waals surface area (Å²) in [5.41, 5.74) is 0.813. The molecule has 0 fully saturated rings. The average Bonchev–Trinajstić information content (AvgIpc) is 2.65. The van der Waals surface area contributed by atoms with E-state index in [1.165, 1.54) is 48.5 Å². The predicted octanol–water partition coefficient (Wildman–Crippen LogP) is 2.86. The van der Waals surface area contributed by atoms with Crippen LogP contribution in [-0.2, 0) is 16.6 Å². The summed E-state index contributed by atoms with van der Waals surface area (Å²) in [6.07, 6.45) is -4.42. The largest absolute Gasteiger partial charge is 0.484 e. The third-order valence-electron chi connectivity index (χ3n) is 3.52. The second kappa shape index (κ2) is 9.07. The first-order chi connectivity index (χ1) is 13.1. The van der Waals surface area contributed by atoms with E-state index in [1.807, 2.05) is 0 Å². The van der Waals surface area contributed by atoms with Crippen LogP contribution in [-0.4, -0.2) is 33.7 Å². The molecule has 0 spiro atoms. The summed E-state index contributed by atoms with van der Waals surface area (Å²) >= 11 is 0. The maximum absolute atomic E-state index is 12.3. The maximum Gasteiger partial charge on any atom is 0.422 e. The van der Waals surface area contributed by atoms with Crippen molar-refractivity contribution in [1.29, 1.82) is 0 Å². The van der Waals surface area contributed by atoms with Gasteiger partial charge in [-0.15, -0.1) is 0 Å². The van der Waals surface area contributed by atoms with Gasteiger partial charge in [0.1, 0.15) is 5.75 Å². The topological polar surface area (TPSA) is 84.5 Å². The lowest BCUT2D eigenvalue weighted by atomic mass is 10.2. The highest BCUT2D eigenvalue weighted by Gasteiger charge is 2.28. The van der Waals surface area contributed by atoms with E-state index in [1.54, 1.807) is 6.92 Å². The van der Waals surface area contributed by atoms with E-state index in [0.29, 0.717) is 5.56 Å². The lowest BCUT2D eigenvalue weighted by Crippen LogP contribution is -2.25. The van der Waals surface area contributed by atoms with Crippen molar-refractivity contribution in [2.45, 2.75) is 24.5 Å². The average molecular weight is 416 g/mol. The fraction of sp³-hybridized carbons (Fsp3) is 0.278. The normalized spacial score (nSPS) is 11.9. The highest BCUT2D eigenvalue weighted by Crippen LogP contribution is 2.19. The highest BCUT2D eigenvalue weighted by molar-refractivity contribution is 7.89. The number of carbonyl (C=O) groups is 1. The monoisotopic (exact) mass is 416 g/mol. The Morgan fingerprint density at radius 2 is 1.79 bits per heavy atom. The van der Waals surface area contributed by atoms with Crippen molar-refractivity contribution in [3.63, 3.8) is 0 Å². The fourth-order valence-electron chi connectivity index (χ4n) is 2.23. The molecule has 0 aliphatic carbocycles. The minimum absolute atomic E-state index is 0.0202. The van der Waals surface area contributed by atoms with Crippen LogP contribution in [0.4, 0.5) is 13.2 Å². The van der Waals surface area contributed by atoms with Crippen molar-refractivity contribution < 1.29 is 31.1 Å². The Morgan fingerprint density at radius 1 is 1.11 bits per heavy atom. The van der Waals surface area contributed by atoms with E-state index >= 15 is 0 Å². The van der Waals surface area contributed by atoms with Crippen molar-refractivity contribution in [3.05, 3.63) is 59.7 Å². The van der Waals surface area contributed by atoms with E-state index in [0.717, 1.165) is 0 Å². The van der Waals surface area contributed by atoms with E-state index in [9.17, 15) is 26.4 Å². The van der Waals surface area contributed by atoms with Gasteiger partial charge < -0.3 is 10.1 Å². The first-order valence-electron chi connectivity index (χ1n) is 8.27. The number of carbonyl (C=O) groups excluding carboxylic acids is 1. The number of halogens is 3. The molecule has 0 unspecified atom stereocenters. The van der Waals surface area contributed by atoms with Crippen LogP contribution >= 0.6 is 0 Å². The number of nitrogens with one attached hydrogen (secondary N) is 2. The van der Waals surface area contributed by atoms with Crippen LogP contribution in [0, 0.1) is 0 Å². The van der Waals surface area contributed by atoms with E-state index in [4.69, 9.17) is 0 Å². The van der Waals surface area contributed by atoms with E-state index in [-0.39, 0.29) is 29.3 Å². The molecule has 2 aromatic rings. The maximum atomic E-state index is 12.3. The first-order valence-corrected chi connectivity index (χ1v) is 9.75. The van der Waals surface area contributed by atoms with Crippen molar-refractivity contribution in [1.82, 2.24) is 10.0 Å². The molecule has 152 valence electrons. The van der Waals surface area contributed by atoms with Gasteiger partial charge in [0, 0.05) is 18.7 Å². The van der Waals surface area contributed by atoms with Crippen LogP contribution in [0.5, 0.6) is 5.75 Å². The molecule has 0 aromatic heterocycles. The number of rotatable bonds is 8. The van der Waals surface area contributed by atoms with Gasteiger partial charge in [-0.25, -0.2) is 13.1 Å². The summed E-state index contributed by atoms with van der Waals surface area (Å²) in [7, 11) is -3.68. The highest BCUT2D eigenvalue weighted by atomic mass is 32.2. The number of ether oxygens (including phenoxy) is 1. The lowest BCUT2D eigenvalue weighted by Gasteiger charge is -2.10. The molecule has 28 heavy (non-hydrogen) atoms. The molecule has 0 heterocycles. The number of benzene rings is 2. The Balaban J connectivity index is 1.97. The molecule has 10 heteroatoms. The number of sulfonamides is 1. The minimum atomic E-state index is -4.42. The Kier molecular flexibility index (Phi) is 7.03. The van der Waals surface area contributed by atoms with Gasteiger partial charge in [0.05, 0.1) is 4.90 Å². The van der Waals surface area contributed by atoms with Crippen molar-refractivity contribution >= 4 is 15.9 Å². The molecule has 1 amide bonds. The smallest absolute Gasteiger partial charge is 0.422 e. The van der Waals surface area contributed by atoms with Crippen molar-refractivity contribution in [2.24, 2.45) is 0 Å². The Bertz CT molecular complexity index is 913. The van der Waals surface area contributed by atoms with Gasteiger partial charge in [-0.05, 0) is 35.9 Å². The molecule has 6 nitrogen and oxygen atoms in total. The van der Waals surface area contributed by atoms with Gasteiger partial charge in [0.2, 0.25) is 10.0 Å². The molecule has 0 radical (unpaired) electrons. The molecule has 0 aliphatic rings. The molecule has 2 aromatic carbocycles. The van der Waals surface area contributed by atoms with Gasteiger partial charge in [-0.1, -0.05) is 25.1 Å². The van der Waals surface area contributed by atoms with Crippen LogP contribution in [0.15, 0.2) is 53.4 Å². The van der Waals surface area contributed by atoms with Crippen LogP contribution < -0.4 is 14.8 Å². The predicted molar refractivity (Wildman–Crippen MR) is 96.5 cm³/mol. The second-order valence-corrected chi connectivity index (χ2v) is 7.53.